The Hall–Kier alpha value is -4.33. The molecule has 3 unspecified atom stereocenters. The lowest BCUT2D eigenvalue weighted by molar-refractivity contribution is -0.148. The quantitative estimate of drug-likeness (QED) is 0.0843. The van der Waals surface area contributed by atoms with Crippen LogP contribution in [0.3, 0.4) is 0 Å². The van der Waals surface area contributed by atoms with E-state index in [1.54, 1.807) is 14.7 Å². The number of amides is 3. The van der Waals surface area contributed by atoms with Crippen molar-refractivity contribution in [2.24, 2.45) is 0 Å². The molecule has 3 amide bonds. The number of methoxy groups -OCH3 is 1. The molecule has 4 atom stereocenters. The minimum Gasteiger partial charge on any atom is -0.491 e. The predicted molar refractivity (Wildman–Crippen MR) is 200 cm³/mol. The van der Waals surface area contributed by atoms with Crippen molar-refractivity contribution < 1.29 is 52.5 Å². The molecule has 0 spiro atoms. The number of nitrogens with zero attached hydrogens (tertiary/aromatic N) is 4. The van der Waals surface area contributed by atoms with Crippen LogP contribution in [-0.2, 0) is 54.2 Å². The molecule has 0 bridgehead atoms. The average molecular weight is 786 g/mol. The van der Waals surface area contributed by atoms with Crippen molar-refractivity contribution in [3.05, 3.63) is 29.8 Å². The van der Waals surface area contributed by atoms with Crippen molar-refractivity contribution in [3.63, 3.8) is 0 Å². The highest BCUT2D eigenvalue weighted by molar-refractivity contribution is 6.13. The second-order valence-corrected chi connectivity index (χ2v) is 14.1. The number of ether oxygens (including phenoxy) is 4. The second-order valence-electron chi connectivity index (χ2n) is 14.1. The number of nitrogens with one attached hydrogen (secondary N) is 3. The number of ketones is 3. The summed E-state index contributed by atoms with van der Waals surface area (Å²) in [5.74, 6) is -1.95. The summed E-state index contributed by atoms with van der Waals surface area (Å²) in [7, 11) is 1.32. The molecule has 4 saturated heterocycles. The second kappa shape index (κ2) is 21.3. The van der Waals surface area contributed by atoms with Gasteiger partial charge in [-0.25, -0.2) is 0 Å². The first-order valence-corrected chi connectivity index (χ1v) is 19.4. The van der Waals surface area contributed by atoms with Gasteiger partial charge in [0, 0.05) is 59.0 Å². The van der Waals surface area contributed by atoms with Crippen LogP contribution in [0.15, 0.2) is 24.3 Å². The van der Waals surface area contributed by atoms with Gasteiger partial charge < -0.3 is 34.9 Å². The van der Waals surface area contributed by atoms with Gasteiger partial charge in [-0.1, -0.05) is 12.1 Å². The van der Waals surface area contributed by atoms with Crippen LogP contribution < -0.4 is 20.7 Å². The molecule has 4 aliphatic heterocycles. The third-order valence-corrected chi connectivity index (χ3v) is 10.6. The minimum absolute atomic E-state index is 0.106. The van der Waals surface area contributed by atoms with E-state index in [-0.39, 0.29) is 89.3 Å². The van der Waals surface area contributed by atoms with Crippen LogP contribution in [0.4, 0.5) is 0 Å². The van der Waals surface area contributed by atoms with E-state index >= 15 is 0 Å². The van der Waals surface area contributed by atoms with E-state index in [2.05, 4.69) is 16.0 Å². The molecule has 18 heteroatoms. The molecular weight excluding hydrogens is 730 g/mol. The largest absolute Gasteiger partial charge is 0.491 e. The molecule has 0 aromatic heterocycles. The SMILES string of the molecule is CCOCCOCCOc1ccc(CCC[C@@H](C(=O)OC)N2CCN(C3C(=O)CNC3=O)CCN(C3C(=O)CNC3=O)CCN(C3C(=O)CNC3=O)CC2)cc1. The van der Waals surface area contributed by atoms with E-state index in [9.17, 15) is 33.6 Å². The Labute approximate surface area is 326 Å². The summed E-state index contributed by atoms with van der Waals surface area (Å²) < 4.78 is 21.8. The number of rotatable bonds is 17. The predicted octanol–water partition coefficient (Wildman–Crippen LogP) is -2.59. The third-order valence-electron chi connectivity index (χ3n) is 10.6. The molecule has 56 heavy (non-hydrogen) atoms. The van der Waals surface area contributed by atoms with E-state index in [0.29, 0.717) is 58.0 Å². The molecular formula is C38H55N7O11. The summed E-state index contributed by atoms with van der Waals surface area (Å²) in [5, 5.41) is 7.81. The number of hydrogen-bond acceptors (Lipinski definition) is 15. The zero-order valence-corrected chi connectivity index (χ0v) is 32.3. The van der Waals surface area contributed by atoms with Crippen LogP contribution in [0.2, 0.25) is 0 Å². The lowest BCUT2D eigenvalue weighted by atomic mass is 10.0. The summed E-state index contributed by atoms with van der Waals surface area (Å²) in [6, 6.07) is 3.81. The van der Waals surface area contributed by atoms with Crippen LogP contribution in [0.5, 0.6) is 5.75 Å². The van der Waals surface area contributed by atoms with Crippen LogP contribution in [0.1, 0.15) is 25.3 Å². The van der Waals surface area contributed by atoms with Gasteiger partial charge in [0.15, 0.2) is 35.5 Å². The topological polar surface area (TPSA) is 205 Å². The third kappa shape index (κ3) is 11.4. The molecule has 308 valence electrons. The van der Waals surface area contributed by atoms with Crippen molar-refractivity contribution in [3.8, 4) is 5.75 Å². The van der Waals surface area contributed by atoms with E-state index in [1.807, 2.05) is 36.1 Å². The van der Waals surface area contributed by atoms with Crippen LogP contribution in [-0.4, -0.2) is 197 Å². The summed E-state index contributed by atoms with van der Waals surface area (Å²) in [4.78, 5) is 98.1. The molecule has 18 nitrogen and oxygen atoms in total. The van der Waals surface area contributed by atoms with E-state index in [1.165, 1.54) is 7.11 Å². The van der Waals surface area contributed by atoms with Gasteiger partial charge in [0.25, 0.3) is 0 Å². The summed E-state index contributed by atoms with van der Waals surface area (Å²) in [6.07, 6.45) is 1.70. The number of carbonyl (C=O) groups excluding carboxylic acids is 7. The average Bonchev–Trinajstić information content (AvgIpc) is 3.83. The first kappa shape index (κ1) is 42.8. The van der Waals surface area contributed by atoms with Crippen LogP contribution in [0, 0.1) is 0 Å². The standard InChI is InChI=1S/C38H55N7O11/c1-3-54-19-20-55-21-22-56-27-9-7-26(8-10-27)5-4-6-28(38(52)53-2)42-11-13-43(32-29(46)23-39-35(32)49)15-17-45(34-31(48)25-41-37(34)51)18-16-44(14-12-42)33-30(47)24-40-36(33)50/h7-10,28,32-34H,3-6,11-25H2,1-2H3,(H,39,49)(H,40,50)(H,41,51)/t28-,32?,33?,34?/m0/s1. The lowest BCUT2D eigenvalue weighted by Crippen LogP contribution is -2.57. The van der Waals surface area contributed by atoms with Gasteiger partial charge in [0.05, 0.1) is 46.6 Å². The van der Waals surface area contributed by atoms with E-state index in [4.69, 9.17) is 18.9 Å². The zero-order valence-electron chi connectivity index (χ0n) is 32.3. The number of hydrogen-bond donors (Lipinski definition) is 3. The molecule has 1 aromatic carbocycles. The molecule has 5 rings (SSSR count). The minimum atomic E-state index is -1.08. The maximum atomic E-state index is 13.5. The van der Waals surface area contributed by atoms with Crippen molar-refractivity contribution in [1.82, 2.24) is 35.6 Å². The zero-order chi connectivity index (χ0) is 40.0. The fourth-order valence-corrected chi connectivity index (χ4v) is 7.63. The molecule has 1 aromatic rings. The van der Waals surface area contributed by atoms with Crippen molar-refractivity contribution in [1.29, 1.82) is 0 Å². The Morgan fingerprint density at radius 3 is 1.54 bits per heavy atom. The molecule has 4 heterocycles. The molecule has 4 fully saturated rings. The first-order valence-electron chi connectivity index (χ1n) is 19.4. The molecule has 4 aliphatic rings. The number of esters is 1. The van der Waals surface area contributed by atoms with Crippen LogP contribution >= 0.6 is 0 Å². The Balaban J connectivity index is 1.30. The summed E-state index contributed by atoms with van der Waals surface area (Å²) >= 11 is 0. The molecule has 3 N–H and O–H groups in total. The number of Topliss-reactive ketones (excluding diaryl/α,β-unsaturated/α-hetero) is 3. The number of benzene rings is 1. The summed E-state index contributed by atoms with van der Waals surface area (Å²) in [6.45, 7) is 5.62. The molecule has 0 aliphatic carbocycles. The highest BCUT2D eigenvalue weighted by atomic mass is 16.5. The smallest absolute Gasteiger partial charge is 0.323 e. The molecule has 0 saturated carbocycles. The van der Waals surface area contributed by atoms with Gasteiger partial charge in [-0.3, -0.25) is 53.2 Å². The Morgan fingerprint density at radius 1 is 0.661 bits per heavy atom. The van der Waals surface area contributed by atoms with Crippen molar-refractivity contribution >= 4 is 41.0 Å². The maximum Gasteiger partial charge on any atom is 0.323 e. The first-order chi connectivity index (χ1) is 27.1. The van der Waals surface area contributed by atoms with Crippen molar-refractivity contribution in [2.45, 2.75) is 50.4 Å². The highest BCUT2D eigenvalue weighted by Gasteiger charge is 2.43. The Kier molecular flexibility index (Phi) is 16.3. The summed E-state index contributed by atoms with van der Waals surface area (Å²) in [5.41, 5.74) is 1.05. The van der Waals surface area contributed by atoms with Crippen LogP contribution in [0.25, 0.3) is 0 Å². The number of carbonyl (C=O) groups is 7. The molecule has 0 radical (unpaired) electrons. The highest BCUT2D eigenvalue weighted by Crippen LogP contribution is 2.19. The van der Waals surface area contributed by atoms with Gasteiger partial charge >= 0.3 is 5.97 Å². The van der Waals surface area contributed by atoms with Crippen molar-refractivity contribution in [2.75, 3.05) is 112 Å². The lowest BCUT2D eigenvalue weighted by Gasteiger charge is -2.38. The fourth-order valence-electron chi connectivity index (χ4n) is 7.63. The Morgan fingerprint density at radius 2 is 1.11 bits per heavy atom. The Bertz CT molecular complexity index is 1460. The number of aryl methyl sites for hydroxylation is 1. The maximum absolute atomic E-state index is 13.5. The van der Waals surface area contributed by atoms with Gasteiger partial charge in [0.2, 0.25) is 17.7 Å². The van der Waals surface area contributed by atoms with Gasteiger partial charge in [-0.15, -0.1) is 0 Å². The monoisotopic (exact) mass is 785 g/mol. The van der Waals surface area contributed by atoms with Gasteiger partial charge in [-0.05, 0) is 43.9 Å². The van der Waals surface area contributed by atoms with E-state index < -0.39 is 47.9 Å². The van der Waals surface area contributed by atoms with Gasteiger partial charge in [-0.2, -0.15) is 0 Å². The van der Waals surface area contributed by atoms with Gasteiger partial charge in [0.1, 0.15) is 18.4 Å². The fraction of sp³-hybridized carbons (Fsp3) is 0.658. The normalized spacial score (nSPS) is 24.4. The van der Waals surface area contributed by atoms with E-state index in [0.717, 1.165) is 5.56 Å².